The number of aliphatic carboxylic acids is 1. The van der Waals surface area contributed by atoms with E-state index in [1.165, 1.54) is 17.3 Å². The Morgan fingerprint density at radius 2 is 1.79 bits per heavy atom. The second-order valence-electron chi connectivity index (χ2n) is 6.20. The molecule has 2 atom stereocenters. The highest BCUT2D eigenvalue weighted by molar-refractivity contribution is 5.77. The molecule has 0 aliphatic rings. The number of rotatable bonds is 7. The Hall–Kier alpha value is -3.68. The Balaban J connectivity index is 1.59. The van der Waals surface area contributed by atoms with Crippen LogP contribution in [0.15, 0.2) is 67.3 Å². The molecule has 0 fully saturated rings. The van der Waals surface area contributed by atoms with Crippen LogP contribution in [0.2, 0.25) is 0 Å². The zero-order chi connectivity index (χ0) is 19.9. The van der Waals surface area contributed by atoms with E-state index in [0.29, 0.717) is 0 Å². The summed E-state index contributed by atoms with van der Waals surface area (Å²) in [5.41, 5.74) is 3.05. The van der Waals surface area contributed by atoms with E-state index in [1.807, 2.05) is 54.6 Å². The fourth-order valence-corrected chi connectivity index (χ4v) is 2.68. The maximum Gasteiger partial charge on any atom is 0.408 e. The molecule has 0 aliphatic carbocycles. The Labute approximate surface area is 161 Å². The van der Waals surface area contributed by atoms with Gasteiger partial charge in [0.05, 0.1) is 12.6 Å². The minimum absolute atomic E-state index is 0.122. The number of carboxylic acid groups (broad SMARTS) is 1. The van der Waals surface area contributed by atoms with Gasteiger partial charge in [-0.15, -0.1) is 0 Å². The summed E-state index contributed by atoms with van der Waals surface area (Å²) in [6.07, 6.45) is 0.454. The highest BCUT2D eigenvalue weighted by Gasteiger charge is 2.24. The largest absolute Gasteiger partial charge is 0.478 e. The van der Waals surface area contributed by atoms with Gasteiger partial charge in [-0.2, -0.15) is 5.10 Å². The summed E-state index contributed by atoms with van der Waals surface area (Å²) in [6, 6.07) is 17.4. The van der Waals surface area contributed by atoms with Gasteiger partial charge >= 0.3 is 12.1 Å². The second kappa shape index (κ2) is 8.81. The van der Waals surface area contributed by atoms with Gasteiger partial charge in [-0.05, 0) is 23.6 Å². The van der Waals surface area contributed by atoms with Crippen LogP contribution < -0.4 is 5.32 Å². The number of carboxylic acids is 1. The second-order valence-corrected chi connectivity index (χ2v) is 6.20. The zero-order valence-corrected chi connectivity index (χ0v) is 15.2. The van der Waals surface area contributed by atoms with Gasteiger partial charge in [0.15, 0.2) is 0 Å². The van der Waals surface area contributed by atoms with Crippen LogP contribution in [0.25, 0.3) is 11.1 Å². The lowest BCUT2D eigenvalue weighted by Gasteiger charge is -2.18. The number of hydrogen-bond acceptors (Lipinski definition) is 5. The quantitative estimate of drug-likeness (QED) is 0.653. The van der Waals surface area contributed by atoms with E-state index < -0.39 is 18.2 Å². The first kappa shape index (κ1) is 19.1. The maximum absolute atomic E-state index is 12.1. The molecule has 1 amide bonds. The molecule has 0 aliphatic heterocycles. The lowest BCUT2D eigenvalue weighted by molar-refractivity contribution is -0.147. The van der Waals surface area contributed by atoms with Crippen LogP contribution in [-0.2, 0) is 16.1 Å². The van der Waals surface area contributed by atoms with Crippen LogP contribution >= 0.6 is 0 Å². The summed E-state index contributed by atoms with van der Waals surface area (Å²) in [4.78, 5) is 27.2. The van der Waals surface area contributed by atoms with Crippen LogP contribution in [0.3, 0.4) is 0 Å². The van der Waals surface area contributed by atoms with Crippen molar-refractivity contribution in [1.82, 2.24) is 20.1 Å². The molecule has 0 bridgehead atoms. The van der Waals surface area contributed by atoms with Crippen molar-refractivity contribution in [2.24, 2.45) is 0 Å². The number of ether oxygens (including phenoxy) is 1. The van der Waals surface area contributed by atoms with Crippen molar-refractivity contribution in [2.75, 3.05) is 0 Å². The van der Waals surface area contributed by atoms with Crippen molar-refractivity contribution < 1.29 is 19.4 Å². The highest BCUT2D eigenvalue weighted by Crippen LogP contribution is 2.21. The molecule has 1 heterocycles. The van der Waals surface area contributed by atoms with Crippen LogP contribution in [0.4, 0.5) is 4.79 Å². The van der Waals surface area contributed by atoms with Gasteiger partial charge in [0.25, 0.3) is 0 Å². The number of alkyl carbamates (subject to hydrolysis) is 1. The van der Waals surface area contributed by atoms with E-state index in [-0.39, 0.29) is 12.6 Å². The van der Waals surface area contributed by atoms with Gasteiger partial charge in [-0.25, -0.2) is 19.3 Å². The number of hydrogen-bond donors (Lipinski definition) is 2. The van der Waals surface area contributed by atoms with Crippen molar-refractivity contribution in [1.29, 1.82) is 0 Å². The van der Waals surface area contributed by atoms with E-state index in [0.717, 1.165) is 16.7 Å². The number of nitrogens with one attached hydrogen (secondary N) is 1. The van der Waals surface area contributed by atoms with Crippen LogP contribution in [0.5, 0.6) is 0 Å². The maximum atomic E-state index is 12.1. The van der Waals surface area contributed by atoms with E-state index in [4.69, 9.17) is 4.74 Å². The summed E-state index contributed by atoms with van der Waals surface area (Å²) < 4.78 is 6.32. The first-order valence-electron chi connectivity index (χ1n) is 8.70. The van der Waals surface area contributed by atoms with Crippen molar-refractivity contribution in [3.8, 4) is 11.1 Å². The fraction of sp³-hybridized carbons (Fsp3) is 0.200. The summed E-state index contributed by atoms with van der Waals surface area (Å²) in [5, 5.41) is 15.7. The van der Waals surface area contributed by atoms with E-state index in [9.17, 15) is 14.7 Å². The molecule has 8 heteroatoms. The molecular weight excluding hydrogens is 360 g/mol. The average Bonchev–Trinajstić information content (AvgIpc) is 3.21. The van der Waals surface area contributed by atoms with Crippen LogP contribution in [0.1, 0.15) is 18.5 Å². The number of amides is 1. The molecule has 0 saturated heterocycles. The Morgan fingerprint density at radius 3 is 2.39 bits per heavy atom. The van der Waals surface area contributed by atoms with E-state index in [1.54, 1.807) is 6.92 Å². The molecule has 3 aromatic rings. The normalized spacial score (nSPS) is 12.8. The van der Waals surface area contributed by atoms with Gasteiger partial charge < -0.3 is 15.2 Å². The third kappa shape index (κ3) is 4.94. The standard InChI is InChI=1S/C20H20N4O4/c1-14(15-7-9-17(10-8-15)16-5-3-2-4-6-16)23-20(27)28-18(19(25)26)11-24-13-21-12-22-24/h2-10,12-14,18H,11H2,1H3,(H,23,27)(H,25,26)/t14-,18+/m0/s1. The summed E-state index contributed by atoms with van der Waals surface area (Å²) in [5.74, 6) is -1.26. The first-order valence-corrected chi connectivity index (χ1v) is 8.70. The third-order valence-corrected chi connectivity index (χ3v) is 4.20. The van der Waals surface area contributed by atoms with Crippen LogP contribution in [0, 0.1) is 0 Å². The molecule has 8 nitrogen and oxygen atoms in total. The molecule has 144 valence electrons. The molecule has 2 aromatic carbocycles. The molecule has 0 unspecified atom stereocenters. The molecule has 0 spiro atoms. The summed E-state index contributed by atoms with van der Waals surface area (Å²) in [6.45, 7) is 1.68. The third-order valence-electron chi connectivity index (χ3n) is 4.20. The summed E-state index contributed by atoms with van der Waals surface area (Å²) in [7, 11) is 0. The van der Waals surface area contributed by atoms with Crippen molar-refractivity contribution in [3.63, 3.8) is 0 Å². The van der Waals surface area contributed by atoms with Gasteiger partial charge in [0, 0.05) is 0 Å². The first-order chi connectivity index (χ1) is 13.5. The van der Waals surface area contributed by atoms with Gasteiger partial charge in [0.1, 0.15) is 12.7 Å². The van der Waals surface area contributed by atoms with Crippen molar-refractivity contribution >= 4 is 12.1 Å². The molecular formula is C20H20N4O4. The molecule has 3 rings (SSSR count). The van der Waals surface area contributed by atoms with E-state index >= 15 is 0 Å². The molecule has 28 heavy (non-hydrogen) atoms. The predicted molar refractivity (Wildman–Crippen MR) is 101 cm³/mol. The SMILES string of the molecule is C[C@H](NC(=O)O[C@H](Cn1cncn1)C(=O)O)c1ccc(-c2ccccc2)cc1. The number of aromatic nitrogens is 3. The van der Waals surface area contributed by atoms with Crippen molar-refractivity contribution in [2.45, 2.75) is 25.6 Å². The van der Waals surface area contributed by atoms with Gasteiger partial charge in [0.2, 0.25) is 6.10 Å². The Bertz CT molecular complexity index is 911. The Morgan fingerprint density at radius 1 is 1.11 bits per heavy atom. The molecule has 0 saturated carbocycles. The summed E-state index contributed by atoms with van der Waals surface area (Å²) >= 11 is 0. The number of carbonyl (C=O) groups is 2. The topological polar surface area (TPSA) is 106 Å². The molecule has 1 aromatic heterocycles. The van der Waals surface area contributed by atoms with Gasteiger partial charge in [-0.3, -0.25) is 0 Å². The smallest absolute Gasteiger partial charge is 0.408 e. The van der Waals surface area contributed by atoms with E-state index in [2.05, 4.69) is 15.4 Å². The monoisotopic (exact) mass is 380 g/mol. The number of benzene rings is 2. The fourth-order valence-electron chi connectivity index (χ4n) is 2.68. The average molecular weight is 380 g/mol. The number of nitrogens with zero attached hydrogens (tertiary/aromatic N) is 3. The lowest BCUT2D eigenvalue weighted by atomic mass is 10.0. The van der Waals surface area contributed by atoms with Crippen molar-refractivity contribution in [3.05, 3.63) is 72.8 Å². The lowest BCUT2D eigenvalue weighted by Crippen LogP contribution is -2.37. The molecule has 2 N–H and O–H groups in total. The number of carbonyl (C=O) groups excluding carboxylic acids is 1. The predicted octanol–water partition coefficient (Wildman–Crippen LogP) is 2.89. The van der Waals surface area contributed by atoms with Gasteiger partial charge in [-0.1, -0.05) is 54.6 Å². The molecule has 0 radical (unpaired) electrons. The minimum Gasteiger partial charge on any atom is -0.478 e. The highest BCUT2D eigenvalue weighted by atomic mass is 16.6. The Kier molecular flexibility index (Phi) is 6.01. The zero-order valence-electron chi connectivity index (χ0n) is 15.2. The minimum atomic E-state index is -1.37. The van der Waals surface area contributed by atoms with Crippen LogP contribution in [-0.4, -0.2) is 38.0 Å².